The fourth-order valence-corrected chi connectivity index (χ4v) is 3.90. The molecule has 1 aliphatic rings. The maximum absolute atomic E-state index is 6.26. The zero-order chi connectivity index (χ0) is 20.8. The first-order valence-corrected chi connectivity index (χ1v) is 9.90. The number of nitrogens with zero attached hydrogens (tertiary/aromatic N) is 3. The molecule has 0 saturated heterocycles. The Bertz CT molecular complexity index is 1240. The number of benzene rings is 1. The number of aromatic nitrogens is 3. The van der Waals surface area contributed by atoms with Gasteiger partial charge in [-0.25, -0.2) is 0 Å². The highest BCUT2D eigenvalue weighted by molar-refractivity contribution is 5.86. The molecule has 0 amide bonds. The second-order valence-electron chi connectivity index (χ2n) is 7.58. The molecule has 154 valence electrons. The maximum Gasteiger partial charge on any atom is 0.231 e. The van der Waals surface area contributed by atoms with Crippen LogP contribution in [0, 0.1) is 27.7 Å². The van der Waals surface area contributed by atoms with Crippen molar-refractivity contribution in [2.75, 3.05) is 6.79 Å². The first-order chi connectivity index (χ1) is 14.5. The molecule has 4 heterocycles. The van der Waals surface area contributed by atoms with Crippen molar-refractivity contribution in [2.24, 2.45) is 0 Å². The SMILES string of the molecule is Cc1noc(C)c1Cn1c(C)c(C)c2nccc(OCc3ccc4c(c3)OCO4)c21. The zero-order valence-electron chi connectivity index (χ0n) is 17.5. The van der Waals surface area contributed by atoms with Crippen LogP contribution in [0.3, 0.4) is 0 Å². The van der Waals surface area contributed by atoms with Crippen LogP contribution in [0.15, 0.2) is 35.0 Å². The summed E-state index contributed by atoms with van der Waals surface area (Å²) in [6, 6.07) is 7.78. The van der Waals surface area contributed by atoms with Crippen LogP contribution in [-0.4, -0.2) is 21.5 Å². The van der Waals surface area contributed by atoms with Gasteiger partial charge < -0.3 is 23.3 Å². The van der Waals surface area contributed by atoms with Crippen molar-refractivity contribution in [3.05, 3.63) is 64.3 Å². The van der Waals surface area contributed by atoms with Crippen LogP contribution < -0.4 is 14.2 Å². The Morgan fingerprint density at radius 3 is 2.70 bits per heavy atom. The summed E-state index contributed by atoms with van der Waals surface area (Å²) in [5.74, 6) is 3.15. The van der Waals surface area contributed by atoms with Crippen LogP contribution in [0.4, 0.5) is 0 Å². The third kappa shape index (κ3) is 2.98. The van der Waals surface area contributed by atoms with E-state index >= 15 is 0 Å². The molecule has 0 radical (unpaired) electrons. The van der Waals surface area contributed by atoms with Crippen LogP contribution >= 0.6 is 0 Å². The Hall–Kier alpha value is -3.48. The summed E-state index contributed by atoms with van der Waals surface area (Å²) >= 11 is 0. The van der Waals surface area contributed by atoms with Gasteiger partial charge in [0.15, 0.2) is 11.5 Å². The molecular weight excluding hydrogens is 382 g/mol. The molecule has 0 spiro atoms. The van der Waals surface area contributed by atoms with E-state index in [9.17, 15) is 0 Å². The van der Waals surface area contributed by atoms with E-state index in [1.54, 1.807) is 6.20 Å². The molecule has 0 fully saturated rings. The Balaban J connectivity index is 1.51. The molecule has 0 saturated carbocycles. The zero-order valence-corrected chi connectivity index (χ0v) is 17.5. The summed E-state index contributed by atoms with van der Waals surface area (Å²) in [5, 5.41) is 4.10. The average molecular weight is 405 g/mol. The van der Waals surface area contributed by atoms with E-state index in [0.717, 1.165) is 62.1 Å². The molecule has 30 heavy (non-hydrogen) atoms. The molecule has 1 aliphatic heterocycles. The summed E-state index contributed by atoms with van der Waals surface area (Å²) in [6.07, 6.45) is 1.80. The van der Waals surface area contributed by atoms with Crippen molar-refractivity contribution in [3.63, 3.8) is 0 Å². The summed E-state index contributed by atoms with van der Waals surface area (Å²) in [7, 11) is 0. The van der Waals surface area contributed by atoms with E-state index in [2.05, 4.69) is 28.6 Å². The van der Waals surface area contributed by atoms with Crippen molar-refractivity contribution >= 4 is 11.0 Å². The second-order valence-corrected chi connectivity index (χ2v) is 7.58. The van der Waals surface area contributed by atoms with E-state index in [0.29, 0.717) is 13.2 Å². The van der Waals surface area contributed by atoms with Crippen molar-refractivity contribution in [1.82, 2.24) is 14.7 Å². The smallest absolute Gasteiger partial charge is 0.231 e. The quantitative estimate of drug-likeness (QED) is 0.483. The number of aryl methyl sites for hydroxylation is 3. The first-order valence-electron chi connectivity index (χ1n) is 9.90. The third-order valence-corrected chi connectivity index (χ3v) is 5.79. The van der Waals surface area contributed by atoms with Gasteiger partial charge >= 0.3 is 0 Å². The van der Waals surface area contributed by atoms with Crippen molar-refractivity contribution in [2.45, 2.75) is 40.8 Å². The molecule has 0 N–H and O–H groups in total. The molecule has 0 unspecified atom stereocenters. The van der Waals surface area contributed by atoms with Gasteiger partial charge in [-0.2, -0.15) is 0 Å². The van der Waals surface area contributed by atoms with Crippen LogP contribution in [0.1, 0.15) is 33.8 Å². The average Bonchev–Trinajstić information content (AvgIpc) is 3.41. The molecule has 5 rings (SSSR count). The molecule has 4 aromatic rings. The minimum atomic E-state index is 0.262. The number of hydrogen-bond donors (Lipinski definition) is 0. The van der Waals surface area contributed by atoms with Gasteiger partial charge in [0.1, 0.15) is 23.6 Å². The highest BCUT2D eigenvalue weighted by Crippen LogP contribution is 2.35. The minimum absolute atomic E-state index is 0.262. The summed E-state index contributed by atoms with van der Waals surface area (Å²) in [4.78, 5) is 4.62. The van der Waals surface area contributed by atoms with Gasteiger partial charge in [-0.15, -0.1) is 0 Å². The predicted octanol–water partition coefficient (Wildman–Crippen LogP) is 4.61. The summed E-state index contributed by atoms with van der Waals surface area (Å²) in [6.45, 7) is 9.45. The van der Waals surface area contributed by atoms with Gasteiger partial charge in [-0.1, -0.05) is 11.2 Å². The van der Waals surface area contributed by atoms with Crippen LogP contribution in [0.2, 0.25) is 0 Å². The third-order valence-electron chi connectivity index (χ3n) is 5.79. The largest absolute Gasteiger partial charge is 0.487 e. The maximum atomic E-state index is 6.26. The van der Waals surface area contributed by atoms with Gasteiger partial charge in [0, 0.05) is 23.5 Å². The molecule has 0 aliphatic carbocycles. The van der Waals surface area contributed by atoms with E-state index < -0.39 is 0 Å². The van der Waals surface area contributed by atoms with Gasteiger partial charge in [-0.3, -0.25) is 4.98 Å². The molecule has 7 heteroatoms. The Kier molecular flexibility index (Phi) is 4.38. The number of pyridine rings is 1. The van der Waals surface area contributed by atoms with Gasteiger partial charge in [0.05, 0.1) is 17.8 Å². The lowest BCUT2D eigenvalue weighted by atomic mass is 10.2. The van der Waals surface area contributed by atoms with E-state index in [4.69, 9.17) is 18.7 Å². The topological polar surface area (TPSA) is 71.5 Å². The first kappa shape index (κ1) is 18.5. The lowest BCUT2D eigenvalue weighted by Crippen LogP contribution is -2.05. The minimum Gasteiger partial charge on any atom is -0.487 e. The summed E-state index contributed by atoms with van der Waals surface area (Å²) < 4.78 is 24.7. The van der Waals surface area contributed by atoms with Crippen molar-refractivity contribution < 1.29 is 18.7 Å². The lowest BCUT2D eigenvalue weighted by molar-refractivity contribution is 0.174. The fourth-order valence-electron chi connectivity index (χ4n) is 3.90. The highest BCUT2D eigenvalue weighted by atomic mass is 16.7. The molecular formula is C23H23N3O4. The Morgan fingerprint density at radius 2 is 1.90 bits per heavy atom. The normalized spacial score (nSPS) is 12.7. The van der Waals surface area contributed by atoms with E-state index in [-0.39, 0.29) is 6.79 Å². The van der Waals surface area contributed by atoms with E-state index in [1.165, 1.54) is 0 Å². The number of fused-ring (bicyclic) bond motifs is 2. The number of rotatable bonds is 5. The molecule has 0 atom stereocenters. The number of hydrogen-bond acceptors (Lipinski definition) is 6. The van der Waals surface area contributed by atoms with Crippen LogP contribution in [-0.2, 0) is 13.2 Å². The van der Waals surface area contributed by atoms with Crippen molar-refractivity contribution in [1.29, 1.82) is 0 Å². The molecule has 7 nitrogen and oxygen atoms in total. The van der Waals surface area contributed by atoms with E-state index in [1.807, 2.05) is 38.1 Å². The molecule has 1 aromatic carbocycles. The molecule has 0 bridgehead atoms. The fraction of sp³-hybridized carbons (Fsp3) is 0.304. The monoisotopic (exact) mass is 405 g/mol. The van der Waals surface area contributed by atoms with Crippen molar-refractivity contribution in [3.8, 4) is 17.2 Å². The highest BCUT2D eigenvalue weighted by Gasteiger charge is 2.20. The second kappa shape index (κ2) is 7.09. The Labute approximate surface area is 174 Å². The summed E-state index contributed by atoms with van der Waals surface area (Å²) in [5.41, 5.74) is 7.22. The number of ether oxygens (including phenoxy) is 3. The van der Waals surface area contributed by atoms with Crippen LogP contribution in [0.25, 0.3) is 11.0 Å². The Morgan fingerprint density at radius 1 is 1.07 bits per heavy atom. The standard InChI is InChI=1S/C23H23N3O4/c1-13-15(3)26(10-18-14(2)25-30-16(18)4)23-20(7-8-24-22(13)23)27-11-17-5-6-19-21(9-17)29-12-28-19/h5-9H,10-12H2,1-4H3. The predicted molar refractivity (Wildman–Crippen MR) is 111 cm³/mol. The molecule has 3 aromatic heterocycles. The van der Waals surface area contributed by atoms with Gasteiger partial charge in [0.25, 0.3) is 0 Å². The van der Waals surface area contributed by atoms with Crippen LogP contribution in [0.5, 0.6) is 17.2 Å². The van der Waals surface area contributed by atoms with Gasteiger partial charge in [0.2, 0.25) is 6.79 Å². The lowest BCUT2D eigenvalue weighted by Gasteiger charge is -2.13. The van der Waals surface area contributed by atoms with Gasteiger partial charge in [-0.05, 0) is 51.0 Å².